The first-order valence-corrected chi connectivity index (χ1v) is 8.52. The molecule has 5 nitrogen and oxygen atoms in total. The topological polar surface area (TPSA) is 63.5 Å². The molecular weight excluding hydrogens is 340 g/mol. The zero-order valence-electron chi connectivity index (χ0n) is 14.7. The molecule has 4 aromatic rings. The summed E-state index contributed by atoms with van der Waals surface area (Å²) in [6.45, 7) is 0. The summed E-state index contributed by atoms with van der Waals surface area (Å²) in [5.41, 5.74) is 3.98. The lowest BCUT2D eigenvalue weighted by Crippen LogP contribution is -2.11. The van der Waals surface area contributed by atoms with Crippen LogP contribution in [-0.4, -0.2) is 13.0 Å². The van der Waals surface area contributed by atoms with Crippen molar-refractivity contribution in [2.24, 2.45) is 0 Å². The third kappa shape index (κ3) is 3.62. The first-order chi connectivity index (χ1) is 13.2. The fraction of sp³-hybridized carbons (Fsp3) is 0.0455. The molecule has 5 heteroatoms. The van der Waals surface area contributed by atoms with E-state index in [1.807, 2.05) is 48.5 Å². The molecule has 0 saturated heterocycles. The van der Waals surface area contributed by atoms with Crippen molar-refractivity contribution in [3.05, 3.63) is 84.6 Å². The van der Waals surface area contributed by atoms with Crippen LogP contribution >= 0.6 is 0 Å². The van der Waals surface area contributed by atoms with E-state index in [-0.39, 0.29) is 5.91 Å². The van der Waals surface area contributed by atoms with Gasteiger partial charge in [0.05, 0.1) is 13.4 Å². The Morgan fingerprint density at radius 2 is 1.70 bits per heavy atom. The highest BCUT2D eigenvalue weighted by Gasteiger charge is 2.08. The minimum absolute atomic E-state index is 0.183. The molecule has 1 heterocycles. The average Bonchev–Trinajstić information content (AvgIpc) is 3.19. The number of ether oxygens (including phenoxy) is 1. The van der Waals surface area contributed by atoms with E-state index in [1.54, 1.807) is 37.6 Å². The van der Waals surface area contributed by atoms with Gasteiger partial charge in [-0.25, -0.2) is 0 Å². The number of carbonyl (C=O) groups is 1. The van der Waals surface area contributed by atoms with Gasteiger partial charge in [-0.3, -0.25) is 4.79 Å². The van der Waals surface area contributed by atoms with Crippen LogP contribution in [0.1, 0.15) is 10.4 Å². The molecule has 0 saturated carbocycles. The third-order valence-electron chi connectivity index (χ3n) is 4.25. The first-order valence-electron chi connectivity index (χ1n) is 8.52. The summed E-state index contributed by atoms with van der Waals surface area (Å²) in [4.78, 5) is 12.4. The van der Waals surface area contributed by atoms with Crippen LogP contribution in [0.15, 0.2) is 83.5 Å². The summed E-state index contributed by atoms with van der Waals surface area (Å²) < 4.78 is 10.6. The number of hydrogen-bond acceptors (Lipinski definition) is 4. The number of furan rings is 1. The fourth-order valence-electron chi connectivity index (χ4n) is 2.86. The van der Waals surface area contributed by atoms with Crippen molar-refractivity contribution >= 4 is 33.9 Å². The second-order valence-electron chi connectivity index (χ2n) is 6.03. The standard InChI is InChI=1S/C22H18N2O3/c1-26-18-5-2-4-15(14-18)22(25)24-17-10-8-16(9-11-17)23-20-6-3-7-21-19(20)12-13-27-21/h2-14,23H,1H3,(H,24,25). The molecule has 0 unspecified atom stereocenters. The highest BCUT2D eigenvalue weighted by Crippen LogP contribution is 2.27. The van der Waals surface area contributed by atoms with Gasteiger partial charge in [0.2, 0.25) is 0 Å². The van der Waals surface area contributed by atoms with Crippen molar-refractivity contribution in [1.29, 1.82) is 0 Å². The number of hydrogen-bond donors (Lipinski definition) is 2. The lowest BCUT2D eigenvalue weighted by molar-refractivity contribution is 0.102. The first kappa shape index (κ1) is 16.7. The van der Waals surface area contributed by atoms with Gasteiger partial charge < -0.3 is 19.8 Å². The maximum absolute atomic E-state index is 12.4. The second-order valence-corrected chi connectivity index (χ2v) is 6.03. The maximum Gasteiger partial charge on any atom is 0.255 e. The molecule has 0 aliphatic rings. The molecule has 0 aliphatic heterocycles. The number of rotatable bonds is 5. The normalized spacial score (nSPS) is 10.6. The fourth-order valence-corrected chi connectivity index (χ4v) is 2.86. The van der Waals surface area contributed by atoms with E-state index in [0.29, 0.717) is 11.3 Å². The van der Waals surface area contributed by atoms with Crippen molar-refractivity contribution in [1.82, 2.24) is 0 Å². The molecule has 0 aliphatic carbocycles. The minimum Gasteiger partial charge on any atom is -0.497 e. The van der Waals surface area contributed by atoms with Crippen LogP contribution in [0.5, 0.6) is 5.75 Å². The Morgan fingerprint density at radius 1 is 0.926 bits per heavy atom. The van der Waals surface area contributed by atoms with Gasteiger partial charge in [0.1, 0.15) is 11.3 Å². The number of anilines is 3. The number of carbonyl (C=O) groups excluding carboxylic acids is 1. The van der Waals surface area contributed by atoms with Crippen LogP contribution in [0.3, 0.4) is 0 Å². The summed E-state index contributed by atoms with van der Waals surface area (Å²) in [6, 6.07) is 22.4. The van der Waals surface area contributed by atoms with Gasteiger partial charge in [0, 0.05) is 28.0 Å². The number of fused-ring (bicyclic) bond motifs is 1. The smallest absolute Gasteiger partial charge is 0.255 e. The molecule has 0 radical (unpaired) electrons. The summed E-state index contributed by atoms with van der Waals surface area (Å²) in [7, 11) is 1.58. The van der Waals surface area contributed by atoms with Crippen LogP contribution in [0.25, 0.3) is 11.0 Å². The molecule has 0 spiro atoms. The highest BCUT2D eigenvalue weighted by atomic mass is 16.5. The van der Waals surface area contributed by atoms with Gasteiger partial charge in [0.25, 0.3) is 5.91 Å². The van der Waals surface area contributed by atoms with Crippen molar-refractivity contribution in [3.63, 3.8) is 0 Å². The van der Waals surface area contributed by atoms with E-state index >= 15 is 0 Å². The average molecular weight is 358 g/mol. The van der Waals surface area contributed by atoms with E-state index in [1.165, 1.54) is 0 Å². The van der Waals surface area contributed by atoms with Gasteiger partial charge in [-0.1, -0.05) is 12.1 Å². The Morgan fingerprint density at radius 3 is 2.52 bits per heavy atom. The Balaban J connectivity index is 1.47. The zero-order chi connectivity index (χ0) is 18.6. The number of nitrogens with one attached hydrogen (secondary N) is 2. The number of amides is 1. The van der Waals surface area contributed by atoms with Gasteiger partial charge in [-0.2, -0.15) is 0 Å². The quantitative estimate of drug-likeness (QED) is 0.499. The SMILES string of the molecule is COc1cccc(C(=O)Nc2ccc(Nc3cccc4occc34)cc2)c1. The third-order valence-corrected chi connectivity index (χ3v) is 4.25. The summed E-state index contributed by atoms with van der Waals surface area (Å²) >= 11 is 0. The minimum atomic E-state index is -0.183. The molecule has 0 bridgehead atoms. The summed E-state index contributed by atoms with van der Waals surface area (Å²) in [5, 5.41) is 7.28. The molecule has 27 heavy (non-hydrogen) atoms. The van der Waals surface area contributed by atoms with Crippen LogP contribution in [0, 0.1) is 0 Å². The summed E-state index contributed by atoms with van der Waals surface area (Å²) in [5.74, 6) is 0.466. The lowest BCUT2D eigenvalue weighted by Gasteiger charge is -2.10. The van der Waals surface area contributed by atoms with E-state index in [2.05, 4.69) is 10.6 Å². The van der Waals surface area contributed by atoms with Crippen molar-refractivity contribution in [3.8, 4) is 5.75 Å². The van der Waals surface area contributed by atoms with Crippen molar-refractivity contribution in [2.75, 3.05) is 17.7 Å². The Labute approximate surface area is 156 Å². The Hall–Kier alpha value is -3.73. The van der Waals surface area contributed by atoms with E-state index in [0.717, 1.165) is 28.0 Å². The molecule has 3 aromatic carbocycles. The molecule has 4 rings (SSSR count). The molecule has 1 aromatic heterocycles. The largest absolute Gasteiger partial charge is 0.497 e. The Kier molecular flexibility index (Phi) is 4.49. The molecular formula is C22H18N2O3. The van der Waals surface area contributed by atoms with E-state index in [9.17, 15) is 4.79 Å². The van der Waals surface area contributed by atoms with E-state index < -0.39 is 0 Å². The second kappa shape index (κ2) is 7.25. The molecule has 134 valence electrons. The number of methoxy groups -OCH3 is 1. The van der Waals surface area contributed by atoms with Gasteiger partial charge in [-0.05, 0) is 60.7 Å². The summed E-state index contributed by atoms with van der Waals surface area (Å²) in [6.07, 6.45) is 1.67. The van der Waals surface area contributed by atoms with E-state index in [4.69, 9.17) is 9.15 Å². The van der Waals surface area contributed by atoms with Crippen LogP contribution < -0.4 is 15.4 Å². The van der Waals surface area contributed by atoms with Crippen molar-refractivity contribution in [2.45, 2.75) is 0 Å². The monoisotopic (exact) mass is 358 g/mol. The van der Waals surface area contributed by atoms with Gasteiger partial charge >= 0.3 is 0 Å². The molecule has 0 fully saturated rings. The van der Waals surface area contributed by atoms with Crippen LogP contribution in [0.2, 0.25) is 0 Å². The Bertz CT molecular complexity index is 1080. The highest BCUT2D eigenvalue weighted by molar-refractivity contribution is 6.04. The maximum atomic E-state index is 12.4. The van der Waals surface area contributed by atoms with Crippen LogP contribution in [0.4, 0.5) is 17.1 Å². The zero-order valence-corrected chi connectivity index (χ0v) is 14.7. The van der Waals surface area contributed by atoms with Crippen molar-refractivity contribution < 1.29 is 13.9 Å². The number of benzene rings is 3. The van der Waals surface area contributed by atoms with Gasteiger partial charge in [-0.15, -0.1) is 0 Å². The van der Waals surface area contributed by atoms with Crippen LogP contribution in [-0.2, 0) is 0 Å². The predicted molar refractivity (Wildman–Crippen MR) is 107 cm³/mol. The molecule has 0 atom stereocenters. The predicted octanol–water partition coefficient (Wildman–Crippen LogP) is 5.44. The molecule has 2 N–H and O–H groups in total. The van der Waals surface area contributed by atoms with Gasteiger partial charge in [0.15, 0.2) is 0 Å². The molecule has 1 amide bonds. The lowest BCUT2D eigenvalue weighted by atomic mass is 10.2.